The maximum atomic E-state index is 5.73. The Hall–Kier alpha value is -0.360. The van der Waals surface area contributed by atoms with Crippen LogP contribution >= 0.6 is 22.6 Å². The Morgan fingerprint density at radius 1 is 1.91 bits per heavy atom. The topological polar surface area (TPSA) is 43.8 Å². The van der Waals surface area contributed by atoms with Crippen LogP contribution in [0.2, 0.25) is 0 Å². The molecule has 4 heteroatoms. The lowest BCUT2D eigenvalue weighted by Crippen LogP contribution is -2.07. The molecular weight excluding hydrogens is 253 g/mol. The van der Waals surface area contributed by atoms with Crippen LogP contribution in [0.25, 0.3) is 0 Å². The van der Waals surface area contributed by atoms with Gasteiger partial charge in [0.1, 0.15) is 3.70 Å². The van der Waals surface area contributed by atoms with Crippen molar-refractivity contribution in [3.8, 4) is 0 Å². The Balaban J connectivity index is 3.03. The highest BCUT2D eigenvalue weighted by molar-refractivity contribution is 14.1. The Bertz CT molecular complexity index is 267. The average molecular weight is 263 g/mol. The van der Waals surface area contributed by atoms with Crippen LogP contribution in [-0.2, 0) is 7.05 Å². The summed E-state index contributed by atoms with van der Waals surface area (Å²) in [5, 5.41) is 4.07. The number of rotatable bonds is 2. The molecule has 0 fully saturated rings. The van der Waals surface area contributed by atoms with E-state index in [1.54, 1.807) is 17.0 Å². The number of nitrogens with two attached hydrogens (primary N) is 1. The van der Waals surface area contributed by atoms with E-state index in [-0.39, 0.29) is 6.04 Å². The van der Waals surface area contributed by atoms with Gasteiger partial charge >= 0.3 is 0 Å². The van der Waals surface area contributed by atoms with Gasteiger partial charge in [-0.3, -0.25) is 4.68 Å². The zero-order valence-electron chi connectivity index (χ0n) is 6.29. The second-order valence-electron chi connectivity index (χ2n) is 2.28. The van der Waals surface area contributed by atoms with Gasteiger partial charge < -0.3 is 5.73 Å². The maximum Gasteiger partial charge on any atom is 0.104 e. The summed E-state index contributed by atoms with van der Waals surface area (Å²) < 4.78 is 2.86. The molecule has 60 valence electrons. The number of hydrogen-bond donors (Lipinski definition) is 1. The molecule has 1 rings (SSSR count). The molecular formula is C7H10IN3. The Labute approximate surface area is 79.4 Å². The zero-order valence-corrected chi connectivity index (χ0v) is 8.45. The molecule has 0 saturated heterocycles. The van der Waals surface area contributed by atoms with Gasteiger partial charge in [-0.2, -0.15) is 5.10 Å². The van der Waals surface area contributed by atoms with Gasteiger partial charge in [0.25, 0.3) is 0 Å². The third kappa shape index (κ3) is 1.62. The van der Waals surface area contributed by atoms with Crippen molar-refractivity contribution in [1.82, 2.24) is 9.78 Å². The third-order valence-corrected chi connectivity index (χ3v) is 2.83. The molecule has 1 atom stereocenters. The molecule has 1 unspecified atom stereocenters. The number of halogens is 1. The monoisotopic (exact) mass is 263 g/mol. The van der Waals surface area contributed by atoms with Crippen molar-refractivity contribution in [1.29, 1.82) is 0 Å². The summed E-state index contributed by atoms with van der Waals surface area (Å²) in [7, 11) is 1.89. The molecule has 0 aliphatic rings. The second kappa shape index (κ2) is 3.36. The lowest BCUT2D eigenvalue weighted by atomic mass is 10.2. The SMILES string of the molecule is C=CC(N)c1cnn(C)c1I. The van der Waals surface area contributed by atoms with Crippen molar-refractivity contribution < 1.29 is 0 Å². The van der Waals surface area contributed by atoms with Gasteiger partial charge in [-0.05, 0) is 22.6 Å². The van der Waals surface area contributed by atoms with Gasteiger partial charge in [-0.25, -0.2) is 0 Å². The van der Waals surface area contributed by atoms with Crippen molar-refractivity contribution in [3.63, 3.8) is 0 Å². The van der Waals surface area contributed by atoms with Crippen LogP contribution in [0, 0.1) is 3.70 Å². The molecule has 11 heavy (non-hydrogen) atoms. The van der Waals surface area contributed by atoms with E-state index < -0.39 is 0 Å². The predicted molar refractivity (Wildman–Crippen MR) is 53.1 cm³/mol. The molecule has 0 aliphatic heterocycles. The lowest BCUT2D eigenvalue weighted by Gasteiger charge is -2.02. The molecule has 0 amide bonds. The van der Waals surface area contributed by atoms with Crippen LogP contribution in [0.5, 0.6) is 0 Å². The van der Waals surface area contributed by atoms with E-state index in [9.17, 15) is 0 Å². The van der Waals surface area contributed by atoms with E-state index in [4.69, 9.17) is 5.73 Å². The summed E-state index contributed by atoms with van der Waals surface area (Å²) in [5.41, 5.74) is 6.76. The molecule has 0 aliphatic carbocycles. The van der Waals surface area contributed by atoms with Crippen LogP contribution in [0.4, 0.5) is 0 Å². The van der Waals surface area contributed by atoms with E-state index >= 15 is 0 Å². The molecule has 3 nitrogen and oxygen atoms in total. The number of hydrogen-bond acceptors (Lipinski definition) is 2. The minimum atomic E-state index is -0.101. The highest BCUT2D eigenvalue weighted by Crippen LogP contribution is 2.17. The largest absolute Gasteiger partial charge is 0.321 e. The molecule has 0 spiro atoms. The first-order chi connectivity index (χ1) is 5.16. The van der Waals surface area contributed by atoms with Gasteiger partial charge in [-0.15, -0.1) is 6.58 Å². The molecule has 0 aromatic carbocycles. The highest BCUT2D eigenvalue weighted by Gasteiger charge is 2.09. The van der Waals surface area contributed by atoms with E-state index in [0.29, 0.717) is 0 Å². The van der Waals surface area contributed by atoms with Gasteiger partial charge in [-0.1, -0.05) is 6.08 Å². The Kier molecular flexibility index (Phi) is 2.67. The van der Waals surface area contributed by atoms with Gasteiger partial charge in [0.15, 0.2) is 0 Å². The van der Waals surface area contributed by atoms with Crippen molar-refractivity contribution >= 4 is 22.6 Å². The van der Waals surface area contributed by atoms with Crippen LogP contribution in [0.1, 0.15) is 11.6 Å². The van der Waals surface area contributed by atoms with Gasteiger partial charge in [0.05, 0.1) is 12.2 Å². The van der Waals surface area contributed by atoms with Crippen molar-refractivity contribution in [2.45, 2.75) is 6.04 Å². The lowest BCUT2D eigenvalue weighted by molar-refractivity contribution is 0.743. The quantitative estimate of drug-likeness (QED) is 0.643. The normalized spacial score (nSPS) is 13.0. The fourth-order valence-electron chi connectivity index (χ4n) is 0.790. The summed E-state index contributed by atoms with van der Waals surface area (Å²) in [5.74, 6) is 0. The second-order valence-corrected chi connectivity index (χ2v) is 3.30. The fraction of sp³-hybridized carbons (Fsp3) is 0.286. The van der Waals surface area contributed by atoms with Crippen molar-refractivity contribution in [2.75, 3.05) is 0 Å². The minimum Gasteiger partial charge on any atom is -0.321 e. The van der Waals surface area contributed by atoms with Crippen LogP contribution < -0.4 is 5.73 Å². The molecule has 1 aromatic rings. The zero-order chi connectivity index (χ0) is 8.43. The molecule has 2 N–H and O–H groups in total. The van der Waals surface area contributed by atoms with Crippen LogP contribution in [0.3, 0.4) is 0 Å². The van der Waals surface area contributed by atoms with E-state index in [0.717, 1.165) is 9.26 Å². The van der Waals surface area contributed by atoms with Gasteiger partial charge in [0, 0.05) is 12.6 Å². The van der Waals surface area contributed by atoms with Crippen molar-refractivity contribution in [3.05, 3.63) is 28.1 Å². The smallest absolute Gasteiger partial charge is 0.104 e. The number of aromatic nitrogens is 2. The van der Waals surface area contributed by atoms with E-state index in [2.05, 4.69) is 34.3 Å². The molecule has 1 aromatic heterocycles. The van der Waals surface area contributed by atoms with Crippen LogP contribution in [-0.4, -0.2) is 9.78 Å². The predicted octanol–water partition coefficient (Wildman–Crippen LogP) is 1.21. The minimum absolute atomic E-state index is 0.101. The first-order valence-corrected chi connectivity index (χ1v) is 4.30. The first kappa shape index (κ1) is 8.73. The number of aryl methyl sites for hydroxylation is 1. The van der Waals surface area contributed by atoms with Gasteiger partial charge in [0.2, 0.25) is 0 Å². The molecule has 0 bridgehead atoms. The van der Waals surface area contributed by atoms with E-state index in [1.165, 1.54) is 0 Å². The summed E-state index contributed by atoms with van der Waals surface area (Å²) >= 11 is 2.21. The summed E-state index contributed by atoms with van der Waals surface area (Å²) in [6.07, 6.45) is 3.48. The van der Waals surface area contributed by atoms with Crippen LogP contribution in [0.15, 0.2) is 18.9 Å². The van der Waals surface area contributed by atoms with E-state index in [1.807, 2.05) is 7.05 Å². The Morgan fingerprint density at radius 3 is 2.91 bits per heavy atom. The molecule has 0 saturated carbocycles. The molecule has 1 heterocycles. The highest BCUT2D eigenvalue weighted by atomic mass is 127. The fourth-order valence-corrected chi connectivity index (χ4v) is 1.41. The maximum absolute atomic E-state index is 5.73. The summed E-state index contributed by atoms with van der Waals surface area (Å²) in [6.45, 7) is 3.62. The third-order valence-electron chi connectivity index (χ3n) is 1.51. The average Bonchev–Trinajstić information content (AvgIpc) is 2.32. The summed E-state index contributed by atoms with van der Waals surface area (Å²) in [4.78, 5) is 0. The standard InChI is InChI=1S/C7H10IN3/c1-3-6(9)5-4-10-11(2)7(5)8/h3-4,6H,1,9H2,2H3. The Morgan fingerprint density at radius 2 is 2.55 bits per heavy atom. The summed E-state index contributed by atoms with van der Waals surface area (Å²) in [6, 6.07) is -0.101. The first-order valence-electron chi connectivity index (χ1n) is 3.22. The van der Waals surface area contributed by atoms with Crippen molar-refractivity contribution in [2.24, 2.45) is 12.8 Å². The number of nitrogens with zero attached hydrogens (tertiary/aromatic N) is 2. The molecule has 0 radical (unpaired) electrons.